The van der Waals surface area contributed by atoms with E-state index in [0.717, 1.165) is 25.7 Å². The van der Waals surface area contributed by atoms with Gasteiger partial charge in [-0.25, -0.2) is 4.79 Å². The van der Waals surface area contributed by atoms with Crippen molar-refractivity contribution in [1.29, 1.82) is 5.26 Å². The summed E-state index contributed by atoms with van der Waals surface area (Å²) in [7, 11) is 0. The maximum Gasteiger partial charge on any atom is 0.315 e. The third-order valence-corrected chi connectivity index (χ3v) is 6.40. The average molecular weight is 467 g/mol. The number of rotatable bonds is 9. The topological polar surface area (TPSA) is 143 Å². The number of anilines is 1. The number of urea groups is 1. The van der Waals surface area contributed by atoms with Crippen LogP contribution in [0.2, 0.25) is 0 Å². The molecule has 4 N–H and O–H groups in total. The van der Waals surface area contributed by atoms with Crippen LogP contribution >= 0.6 is 0 Å². The van der Waals surface area contributed by atoms with Crippen molar-refractivity contribution in [3.8, 4) is 6.07 Å². The largest absolute Gasteiger partial charge is 0.345 e. The minimum absolute atomic E-state index is 0.110. The molecular formula is C24H30N6O4. The number of nitriles is 1. The molecule has 0 bridgehead atoms. The molecule has 0 radical (unpaired) electrons. The van der Waals surface area contributed by atoms with Crippen molar-refractivity contribution in [1.82, 2.24) is 20.9 Å². The fourth-order valence-electron chi connectivity index (χ4n) is 4.11. The van der Waals surface area contributed by atoms with Gasteiger partial charge in [0.2, 0.25) is 17.7 Å². The van der Waals surface area contributed by atoms with Gasteiger partial charge >= 0.3 is 6.03 Å². The monoisotopic (exact) mass is 466 g/mol. The van der Waals surface area contributed by atoms with Crippen LogP contribution in [0.5, 0.6) is 0 Å². The highest BCUT2D eigenvalue weighted by Gasteiger charge is 2.39. The number of likely N-dealkylation sites (tertiary alicyclic amines) is 1. The second-order valence-corrected chi connectivity index (χ2v) is 9.32. The van der Waals surface area contributed by atoms with Crippen molar-refractivity contribution in [2.24, 2.45) is 11.8 Å². The first-order valence-corrected chi connectivity index (χ1v) is 11.8. The van der Waals surface area contributed by atoms with Crippen molar-refractivity contribution >= 4 is 29.4 Å². The van der Waals surface area contributed by atoms with Gasteiger partial charge in [-0.15, -0.1) is 0 Å². The summed E-state index contributed by atoms with van der Waals surface area (Å²) in [6.45, 7) is -0.184. The number of amides is 5. The predicted molar refractivity (Wildman–Crippen MR) is 123 cm³/mol. The molecule has 1 heterocycles. The highest BCUT2D eigenvalue weighted by atomic mass is 16.2. The Morgan fingerprint density at radius 1 is 1.09 bits per heavy atom. The lowest BCUT2D eigenvalue weighted by Crippen LogP contribution is -2.52. The minimum atomic E-state index is -0.736. The zero-order valence-electron chi connectivity index (χ0n) is 19.0. The molecule has 0 aromatic heterocycles. The lowest BCUT2D eigenvalue weighted by molar-refractivity contribution is -0.133. The van der Waals surface area contributed by atoms with E-state index in [1.54, 1.807) is 12.1 Å². The molecule has 2 saturated carbocycles. The number of para-hydroxylation sites is 1. The molecule has 180 valence electrons. The van der Waals surface area contributed by atoms with Gasteiger partial charge in [-0.05, 0) is 43.7 Å². The summed E-state index contributed by atoms with van der Waals surface area (Å²) in [5.41, 5.74) is 0.651. The van der Waals surface area contributed by atoms with E-state index in [1.807, 2.05) is 18.2 Å². The molecule has 4 rings (SSSR count). The molecule has 1 saturated heterocycles. The molecular weight excluding hydrogens is 436 g/mol. The lowest BCUT2D eigenvalue weighted by atomic mass is 10.1. The zero-order chi connectivity index (χ0) is 24.1. The summed E-state index contributed by atoms with van der Waals surface area (Å²) in [5.74, 6) is -1.21. The second kappa shape index (κ2) is 10.5. The Balaban J connectivity index is 1.28. The minimum Gasteiger partial charge on any atom is -0.345 e. The molecule has 10 nitrogen and oxygen atoms in total. The van der Waals surface area contributed by atoms with Gasteiger partial charge in [0.1, 0.15) is 12.1 Å². The molecule has 3 aliphatic rings. The smallest absolute Gasteiger partial charge is 0.315 e. The zero-order valence-corrected chi connectivity index (χ0v) is 19.0. The number of nitrogens with one attached hydrogen (secondary N) is 4. The standard InChI is InChI=1S/C24H30N6O4/c25-12-19-11-16(22(32)27-17-4-2-1-3-5-17)14-30(19)21(31)13-26-23(33)20(10-15-6-7-15)29-24(34)28-18-8-9-18/h1-5,15-16,18-20H,6-11,13-14H2,(H,26,33)(H,27,32)(H2,28,29,34). The third-order valence-electron chi connectivity index (χ3n) is 6.40. The van der Waals surface area contributed by atoms with E-state index in [4.69, 9.17) is 0 Å². The lowest BCUT2D eigenvalue weighted by Gasteiger charge is -2.22. The van der Waals surface area contributed by atoms with Crippen LogP contribution in [0.4, 0.5) is 10.5 Å². The van der Waals surface area contributed by atoms with Crippen LogP contribution in [0, 0.1) is 23.2 Å². The first-order valence-electron chi connectivity index (χ1n) is 11.8. The summed E-state index contributed by atoms with van der Waals surface area (Å²) < 4.78 is 0. The Hall–Kier alpha value is -3.61. The highest BCUT2D eigenvalue weighted by Crippen LogP contribution is 2.33. The van der Waals surface area contributed by atoms with E-state index >= 15 is 0 Å². The van der Waals surface area contributed by atoms with Crippen LogP contribution in [0.25, 0.3) is 0 Å². The van der Waals surface area contributed by atoms with Crippen molar-refractivity contribution in [3.05, 3.63) is 30.3 Å². The van der Waals surface area contributed by atoms with Gasteiger partial charge in [0, 0.05) is 18.3 Å². The Morgan fingerprint density at radius 3 is 2.47 bits per heavy atom. The Kier molecular flexibility index (Phi) is 7.30. The van der Waals surface area contributed by atoms with Crippen molar-refractivity contribution in [2.45, 2.75) is 56.7 Å². The van der Waals surface area contributed by atoms with Crippen LogP contribution in [0.3, 0.4) is 0 Å². The molecule has 10 heteroatoms. The molecule has 3 unspecified atom stereocenters. The van der Waals surface area contributed by atoms with Gasteiger partial charge < -0.3 is 26.2 Å². The van der Waals surface area contributed by atoms with E-state index in [-0.39, 0.29) is 37.5 Å². The molecule has 0 spiro atoms. The highest BCUT2D eigenvalue weighted by molar-refractivity contribution is 5.94. The van der Waals surface area contributed by atoms with E-state index in [1.165, 1.54) is 4.90 Å². The Labute approximate surface area is 198 Å². The second-order valence-electron chi connectivity index (χ2n) is 9.32. The van der Waals surface area contributed by atoms with Gasteiger partial charge in [-0.1, -0.05) is 31.0 Å². The first kappa shape index (κ1) is 23.5. The van der Waals surface area contributed by atoms with E-state index in [2.05, 4.69) is 27.3 Å². The number of benzene rings is 1. The van der Waals surface area contributed by atoms with E-state index in [9.17, 15) is 24.4 Å². The van der Waals surface area contributed by atoms with Crippen molar-refractivity contribution < 1.29 is 19.2 Å². The van der Waals surface area contributed by atoms with Gasteiger partial charge in [0.25, 0.3) is 0 Å². The molecule has 5 amide bonds. The summed E-state index contributed by atoms with van der Waals surface area (Å²) in [4.78, 5) is 51.6. The summed E-state index contributed by atoms with van der Waals surface area (Å²) >= 11 is 0. The van der Waals surface area contributed by atoms with Gasteiger partial charge in [-0.3, -0.25) is 14.4 Å². The quantitative estimate of drug-likeness (QED) is 0.431. The fourth-order valence-corrected chi connectivity index (χ4v) is 4.11. The molecule has 1 aliphatic heterocycles. The van der Waals surface area contributed by atoms with Gasteiger partial charge in [0.15, 0.2) is 0 Å². The SMILES string of the molecule is N#CC1CC(C(=O)Nc2ccccc2)CN1C(=O)CNC(=O)C(CC1CC1)NC(=O)NC1CC1. The van der Waals surface area contributed by atoms with Crippen LogP contribution in [-0.4, -0.2) is 59.9 Å². The van der Waals surface area contributed by atoms with Crippen LogP contribution < -0.4 is 21.3 Å². The number of carbonyl (C=O) groups is 4. The molecule has 3 atom stereocenters. The van der Waals surface area contributed by atoms with Gasteiger partial charge in [-0.2, -0.15) is 5.26 Å². The summed E-state index contributed by atoms with van der Waals surface area (Å²) in [6, 6.07) is 9.44. The van der Waals surface area contributed by atoms with E-state index < -0.39 is 29.8 Å². The summed E-state index contributed by atoms with van der Waals surface area (Å²) in [5, 5.41) is 20.5. The molecule has 2 aliphatic carbocycles. The normalized spacial score (nSPS) is 22.3. The Bertz CT molecular complexity index is 969. The molecule has 3 fully saturated rings. The average Bonchev–Trinajstić information content (AvgIpc) is 3.76. The van der Waals surface area contributed by atoms with Crippen LogP contribution in [0.15, 0.2) is 30.3 Å². The van der Waals surface area contributed by atoms with Crippen LogP contribution in [0.1, 0.15) is 38.5 Å². The molecule has 1 aromatic rings. The Morgan fingerprint density at radius 2 is 1.82 bits per heavy atom. The maximum absolute atomic E-state index is 12.8. The number of carbonyl (C=O) groups excluding carboxylic acids is 4. The first-order chi connectivity index (χ1) is 16.4. The van der Waals surface area contributed by atoms with Crippen LogP contribution in [-0.2, 0) is 14.4 Å². The van der Waals surface area contributed by atoms with E-state index in [0.29, 0.717) is 18.0 Å². The molecule has 1 aromatic carbocycles. The van der Waals surface area contributed by atoms with Gasteiger partial charge in [0.05, 0.1) is 18.5 Å². The number of nitrogens with zero attached hydrogens (tertiary/aromatic N) is 2. The molecule has 34 heavy (non-hydrogen) atoms. The fraction of sp³-hybridized carbons (Fsp3) is 0.542. The number of hydrogen-bond acceptors (Lipinski definition) is 5. The van der Waals surface area contributed by atoms with Crippen molar-refractivity contribution in [2.75, 3.05) is 18.4 Å². The third kappa shape index (κ3) is 6.47. The van der Waals surface area contributed by atoms with Crippen molar-refractivity contribution in [3.63, 3.8) is 0 Å². The summed E-state index contributed by atoms with van der Waals surface area (Å²) in [6.07, 6.45) is 4.72. The predicted octanol–water partition coefficient (Wildman–Crippen LogP) is 1.11. The number of hydrogen-bond donors (Lipinski definition) is 4. The maximum atomic E-state index is 12.8.